The Kier molecular flexibility index (Phi) is 6.70. The summed E-state index contributed by atoms with van der Waals surface area (Å²) in [5.41, 5.74) is 2.85. The largest absolute Gasteiger partial charge is 0.133 e. The van der Waals surface area contributed by atoms with Gasteiger partial charge in [0.1, 0.15) is 0 Å². The maximum Gasteiger partial charge on any atom is -0.0128 e. The molecule has 2 heteroatoms. The van der Waals surface area contributed by atoms with Gasteiger partial charge in [-0.25, -0.2) is 0 Å². The highest BCUT2D eigenvalue weighted by Gasteiger charge is 1.90. The third kappa shape index (κ3) is 3.69. The van der Waals surface area contributed by atoms with E-state index in [0.717, 1.165) is 6.16 Å². The molecule has 0 radical (unpaired) electrons. The number of rotatable bonds is 3. The second kappa shape index (κ2) is 6.62. The van der Waals surface area contributed by atoms with Crippen LogP contribution in [-0.2, 0) is 12.6 Å². The lowest BCUT2D eigenvalue weighted by Gasteiger charge is -1.99. The summed E-state index contributed by atoms with van der Waals surface area (Å²) in [5.74, 6) is 0. The van der Waals surface area contributed by atoms with Crippen molar-refractivity contribution in [2.45, 2.75) is 25.9 Å². The van der Waals surface area contributed by atoms with Gasteiger partial charge < -0.3 is 0 Å². The van der Waals surface area contributed by atoms with Gasteiger partial charge in [-0.1, -0.05) is 37.6 Å². The van der Waals surface area contributed by atoms with Gasteiger partial charge in [-0.2, -0.15) is 0 Å². The van der Waals surface area contributed by atoms with E-state index < -0.39 is 0 Å². The first-order chi connectivity index (χ1) is 5.36. The molecule has 0 aliphatic heterocycles. The van der Waals surface area contributed by atoms with Crippen molar-refractivity contribution in [3.8, 4) is 0 Å². The molecule has 0 nitrogen and oxygen atoms in total. The van der Waals surface area contributed by atoms with Crippen molar-refractivity contribution < 1.29 is 0 Å². The van der Waals surface area contributed by atoms with Crippen LogP contribution in [0.15, 0.2) is 24.3 Å². The Labute approximate surface area is 87.7 Å². The molecule has 0 fully saturated rings. The highest BCUT2D eigenvalue weighted by molar-refractivity contribution is 8.93. The van der Waals surface area contributed by atoms with Gasteiger partial charge in [0.15, 0.2) is 0 Å². The maximum absolute atomic E-state index is 2.74. The number of halogens is 1. The first-order valence-corrected chi connectivity index (χ1v) is 4.96. The van der Waals surface area contributed by atoms with E-state index in [0.29, 0.717) is 0 Å². The van der Waals surface area contributed by atoms with Crippen LogP contribution < -0.4 is 0 Å². The van der Waals surface area contributed by atoms with Crippen LogP contribution in [0.1, 0.15) is 24.5 Å². The Balaban J connectivity index is 0.00000121. The SMILES string of the molecule is Br.CCCc1ccc(CP)cc1. The molecule has 1 aromatic rings. The Morgan fingerprint density at radius 3 is 2.00 bits per heavy atom. The third-order valence-electron chi connectivity index (χ3n) is 1.80. The molecule has 0 aromatic heterocycles. The molecule has 1 aromatic carbocycles. The monoisotopic (exact) mass is 246 g/mol. The molecule has 0 heterocycles. The zero-order valence-corrected chi connectivity index (χ0v) is 10.3. The van der Waals surface area contributed by atoms with Crippen molar-refractivity contribution >= 4 is 26.2 Å². The molecular weight excluding hydrogens is 231 g/mol. The summed E-state index contributed by atoms with van der Waals surface area (Å²) in [6, 6.07) is 8.86. The van der Waals surface area contributed by atoms with Crippen molar-refractivity contribution in [3.63, 3.8) is 0 Å². The quantitative estimate of drug-likeness (QED) is 0.716. The molecule has 1 unspecified atom stereocenters. The third-order valence-corrected chi connectivity index (χ3v) is 2.27. The van der Waals surface area contributed by atoms with Crippen molar-refractivity contribution in [2.75, 3.05) is 0 Å². The molecule has 12 heavy (non-hydrogen) atoms. The van der Waals surface area contributed by atoms with Crippen LogP contribution in [0.4, 0.5) is 0 Å². The van der Waals surface area contributed by atoms with Crippen LogP contribution in [0.5, 0.6) is 0 Å². The molecule has 0 spiro atoms. The minimum atomic E-state index is 0. The van der Waals surface area contributed by atoms with E-state index in [2.05, 4.69) is 40.4 Å². The van der Waals surface area contributed by atoms with Gasteiger partial charge in [0.05, 0.1) is 0 Å². The van der Waals surface area contributed by atoms with Gasteiger partial charge >= 0.3 is 0 Å². The van der Waals surface area contributed by atoms with Gasteiger partial charge in [-0.3, -0.25) is 0 Å². The molecule has 0 N–H and O–H groups in total. The van der Waals surface area contributed by atoms with Crippen LogP contribution in [0.25, 0.3) is 0 Å². The maximum atomic E-state index is 2.74. The molecule has 0 saturated carbocycles. The minimum absolute atomic E-state index is 0. The summed E-state index contributed by atoms with van der Waals surface area (Å²) >= 11 is 0. The topological polar surface area (TPSA) is 0 Å². The van der Waals surface area contributed by atoms with Crippen LogP contribution in [-0.4, -0.2) is 0 Å². The van der Waals surface area contributed by atoms with Gasteiger partial charge in [-0.15, -0.1) is 26.2 Å². The minimum Gasteiger partial charge on any atom is -0.133 e. The Morgan fingerprint density at radius 1 is 1.08 bits per heavy atom. The fraction of sp³-hybridized carbons (Fsp3) is 0.400. The molecule has 0 aliphatic rings. The summed E-state index contributed by atoms with van der Waals surface area (Å²) in [4.78, 5) is 0. The highest BCUT2D eigenvalue weighted by Crippen LogP contribution is 2.09. The lowest BCUT2D eigenvalue weighted by atomic mass is 10.1. The fourth-order valence-electron chi connectivity index (χ4n) is 1.13. The average molecular weight is 247 g/mol. The van der Waals surface area contributed by atoms with Crippen molar-refractivity contribution in [1.82, 2.24) is 0 Å². The second-order valence-corrected chi connectivity index (χ2v) is 3.18. The summed E-state index contributed by atoms with van der Waals surface area (Å²) in [5, 5.41) is 0. The molecule has 0 aliphatic carbocycles. The normalized spacial score (nSPS) is 9.17. The Bertz CT molecular complexity index is 206. The molecule has 68 valence electrons. The van der Waals surface area contributed by atoms with Gasteiger partial charge in [0.25, 0.3) is 0 Å². The van der Waals surface area contributed by atoms with E-state index in [4.69, 9.17) is 0 Å². The number of benzene rings is 1. The predicted molar refractivity (Wildman–Crippen MR) is 64.2 cm³/mol. The molecular formula is C10H16BrP. The first kappa shape index (κ1) is 12.1. The summed E-state index contributed by atoms with van der Waals surface area (Å²) in [6.07, 6.45) is 3.50. The fourth-order valence-corrected chi connectivity index (χ4v) is 1.40. The average Bonchev–Trinajstić information content (AvgIpc) is 2.07. The Hall–Kier alpha value is 0.130. The smallest absolute Gasteiger partial charge is 0.0128 e. The summed E-state index contributed by atoms with van der Waals surface area (Å²) in [6.45, 7) is 2.21. The zero-order valence-electron chi connectivity index (χ0n) is 7.42. The molecule has 0 saturated heterocycles. The molecule has 1 rings (SSSR count). The second-order valence-electron chi connectivity index (χ2n) is 2.77. The van der Waals surface area contributed by atoms with Gasteiger partial charge in [0, 0.05) is 0 Å². The number of hydrogen-bond acceptors (Lipinski definition) is 0. The van der Waals surface area contributed by atoms with E-state index in [1.807, 2.05) is 0 Å². The van der Waals surface area contributed by atoms with Crippen LogP contribution in [0, 0.1) is 0 Å². The number of hydrogen-bond donors (Lipinski definition) is 0. The van der Waals surface area contributed by atoms with Gasteiger partial charge in [-0.05, 0) is 23.7 Å². The van der Waals surface area contributed by atoms with E-state index in [9.17, 15) is 0 Å². The molecule has 0 amide bonds. The van der Waals surface area contributed by atoms with E-state index >= 15 is 0 Å². The lowest BCUT2D eigenvalue weighted by Crippen LogP contribution is -1.83. The van der Waals surface area contributed by atoms with Crippen LogP contribution in [0.2, 0.25) is 0 Å². The summed E-state index contributed by atoms with van der Waals surface area (Å²) < 4.78 is 0. The van der Waals surface area contributed by atoms with Crippen molar-refractivity contribution in [3.05, 3.63) is 35.4 Å². The van der Waals surface area contributed by atoms with Crippen LogP contribution >= 0.6 is 26.2 Å². The van der Waals surface area contributed by atoms with E-state index in [1.165, 1.54) is 24.0 Å². The van der Waals surface area contributed by atoms with Gasteiger partial charge in [0.2, 0.25) is 0 Å². The first-order valence-electron chi connectivity index (χ1n) is 4.14. The summed E-state index contributed by atoms with van der Waals surface area (Å²) in [7, 11) is 2.74. The van der Waals surface area contributed by atoms with Crippen LogP contribution in [0.3, 0.4) is 0 Å². The van der Waals surface area contributed by atoms with Crippen molar-refractivity contribution in [2.24, 2.45) is 0 Å². The van der Waals surface area contributed by atoms with E-state index in [-0.39, 0.29) is 17.0 Å². The predicted octanol–water partition coefficient (Wildman–Crippen LogP) is 3.59. The zero-order chi connectivity index (χ0) is 8.10. The van der Waals surface area contributed by atoms with E-state index in [1.54, 1.807) is 0 Å². The van der Waals surface area contributed by atoms with Crippen molar-refractivity contribution in [1.29, 1.82) is 0 Å². The highest BCUT2D eigenvalue weighted by atomic mass is 79.9. The number of aryl methyl sites for hydroxylation is 1. The molecule has 0 bridgehead atoms. The Morgan fingerprint density at radius 2 is 1.58 bits per heavy atom. The molecule has 1 atom stereocenters. The lowest BCUT2D eigenvalue weighted by molar-refractivity contribution is 0.921. The standard InChI is InChI=1S/C10H15P.BrH/c1-2-3-9-4-6-10(8-11)7-5-9;/h4-7H,2-3,8,11H2,1H3;1H.